The number of anilines is 2. The Morgan fingerprint density at radius 3 is 2.59 bits per heavy atom. The van der Waals surface area contributed by atoms with Crippen LogP contribution in [0.15, 0.2) is 95.0 Å². The molecule has 4 fully saturated rings. The molecule has 3 saturated heterocycles. The zero-order valence-electron chi connectivity index (χ0n) is 36.7. The number of aromatic amines is 1. The number of aromatic nitrogens is 2. The van der Waals surface area contributed by atoms with Gasteiger partial charge < -0.3 is 30.2 Å². The van der Waals surface area contributed by atoms with Crippen molar-refractivity contribution >= 4 is 52.0 Å². The average molecular weight is 913 g/mol. The van der Waals surface area contributed by atoms with Gasteiger partial charge in [-0.1, -0.05) is 38.1 Å². The number of pyridine rings is 1. The first kappa shape index (κ1) is 44.8. The summed E-state index contributed by atoms with van der Waals surface area (Å²) in [5, 5.41) is 7.43. The number of likely N-dealkylation sites (tertiary alicyclic amines) is 1. The fourth-order valence-electron chi connectivity index (χ4n) is 10.3. The van der Waals surface area contributed by atoms with E-state index in [0.29, 0.717) is 57.6 Å². The predicted octanol–water partition coefficient (Wildman–Crippen LogP) is 10.8. The molecule has 3 aromatic carbocycles. The third-order valence-electron chi connectivity index (χ3n) is 13.7. The van der Waals surface area contributed by atoms with E-state index >= 15 is 0 Å². The number of hydrogen-bond donors (Lipinski definition) is 4. The number of alkyl halides is 3. The minimum atomic E-state index is -4.47. The van der Waals surface area contributed by atoms with Gasteiger partial charge >= 0.3 is 5.51 Å². The van der Waals surface area contributed by atoms with E-state index in [1.165, 1.54) is 49.4 Å². The molecule has 1 spiro atoms. The molecule has 1 aliphatic carbocycles. The lowest BCUT2D eigenvalue weighted by atomic mass is 9.59. The SMILES string of the molecule is CC(C)c1ccccc1C1CCCN1C1CC2(CCN(c3ccc(C(=O)NSc4ccc(NCCCN5CCNCC5)c(SC(F)(F)F)c4)c(Oc4cnc5[nH]ccc5c4)c3)CC2)C1. The van der Waals surface area contributed by atoms with Gasteiger partial charge in [0.15, 0.2) is 0 Å². The second kappa shape index (κ2) is 19.6. The lowest BCUT2D eigenvalue weighted by molar-refractivity contribution is -0.0328. The zero-order valence-corrected chi connectivity index (χ0v) is 38.3. The number of amides is 1. The quantitative estimate of drug-likeness (QED) is 0.0462. The molecule has 4 N–H and O–H groups in total. The molecule has 1 amide bonds. The van der Waals surface area contributed by atoms with Crippen LogP contribution in [0.2, 0.25) is 0 Å². The van der Waals surface area contributed by atoms with Crippen molar-refractivity contribution in [2.45, 2.75) is 92.1 Å². The van der Waals surface area contributed by atoms with Gasteiger partial charge in [0.1, 0.15) is 17.1 Å². The predicted molar refractivity (Wildman–Crippen MR) is 253 cm³/mol. The lowest BCUT2D eigenvalue weighted by Crippen LogP contribution is -2.54. The summed E-state index contributed by atoms with van der Waals surface area (Å²) in [6.07, 6.45) is 11.5. The number of benzene rings is 3. The third-order valence-corrected chi connectivity index (χ3v) is 15.3. The van der Waals surface area contributed by atoms with Crippen LogP contribution in [-0.2, 0) is 0 Å². The molecule has 1 saturated carbocycles. The summed E-state index contributed by atoms with van der Waals surface area (Å²) in [5.74, 6) is 0.966. The molecule has 5 heterocycles. The topological polar surface area (TPSA) is 101 Å². The number of rotatable bonds is 15. The lowest BCUT2D eigenvalue weighted by Gasteiger charge is -2.56. The van der Waals surface area contributed by atoms with Crippen LogP contribution in [0.5, 0.6) is 11.5 Å². The number of hydrogen-bond acceptors (Lipinski definition) is 10. The number of piperidine rings is 1. The summed E-state index contributed by atoms with van der Waals surface area (Å²) >= 11 is 0.829. The van der Waals surface area contributed by atoms with Crippen molar-refractivity contribution in [3.05, 3.63) is 102 Å². The molecule has 4 aliphatic rings. The molecular weight excluding hydrogens is 854 g/mol. The average Bonchev–Trinajstić information content (AvgIpc) is 3.97. The molecular formula is C49H59F3N8O2S2. The van der Waals surface area contributed by atoms with Crippen LogP contribution in [0, 0.1) is 5.41 Å². The summed E-state index contributed by atoms with van der Waals surface area (Å²) in [4.78, 5) is 29.7. The van der Waals surface area contributed by atoms with E-state index in [2.05, 4.69) is 78.1 Å². The Labute approximate surface area is 383 Å². The number of nitrogens with zero attached hydrogens (tertiary/aromatic N) is 4. The van der Waals surface area contributed by atoms with Gasteiger partial charge in [-0.25, -0.2) is 4.98 Å². The van der Waals surface area contributed by atoms with Gasteiger partial charge in [0.2, 0.25) is 0 Å². The molecule has 15 heteroatoms. The number of H-pyrrole nitrogens is 1. The molecule has 3 aliphatic heterocycles. The van der Waals surface area contributed by atoms with Gasteiger partial charge in [-0.15, -0.1) is 0 Å². The van der Waals surface area contributed by atoms with Gasteiger partial charge in [-0.3, -0.25) is 14.4 Å². The fourth-order valence-corrected chi connectivity index (χ4v) is 11.7. The van der Waals surface area contributed by atoms with Crippen LogP contribution < -0.4 is 25.0 Å². The highest BCUT2D eigenvalue weighted by Crippen LogP contribution is 2.54. The summed E-state index contributed by atoms with van der Waals surface area (Å²) in [5.41, 5.74) is 1.34. The van der Waals surface area contributed by atoms with E-state index in [1.807, 2.05) is 30.5 Å². The fraction of sp³-hybridized carbons (Fsp3) is 0.469. The van der Waals surface area contributed by atoms with Crippen LogP contribution in [0.1, 0.15) is 92.2 Å². The Kier molecular flexibility index (Phi) is 13.7. The van der Waals surface area contributed by atoms with Gasteiger partial charge in [0, 0.05) is 96.7 Å². The van der Waals surface area contributed by atoms with E-state index in [1.54, 1.807) is 24.4 Å². The maximum atomic E-state index is 14.0. The number of thioether (sulfide) groups is 1. The highest BCUT2D eigenvalue weighted by molar-refractivity contribution is 8.00. The van der Waals surface area contributed by atoms with Crippen molar-refractivity contribution in [1.29, 1.82) is 0 Å². The largest absolute Gasteiger partial charge is 0.455 e. The number of carbonyl (C=O) groups excluding carboxylic acids is 1. The maximum absolute atomic E-state index is 14.0. The first-order valence-electron chi connectivity index (χ1n) is 22.9. The number of ether oxygens (including phenoxy) is 1. The minimum absolute atomic E-state index is 0.0586. The van der Waals surface area contributed by atoms with Crippen molar-refractivity contribution in [1.82, 2.24) is 29.8 Å². The highest BCUT2D eigenvalue weighted by Gasteiger charge is 2.50. The molecule has 5 aromatic rings. The van der Waals surface area contributed by atoms with Gasteiger partial charge in [0.25, 0.3) is 5.91 Å². The van der Waals surface area contributed by atoms with Crippen molar-refractivity contribution in [2.75, 3.05) is 69.1 Å². The molecule has 340 valence electrons. The second-order valence-electron chi connectivity index (χ2n) is 18.2. The maximum Gasteiger partial charge on any atom is 0.446 e. The molecule has 64 heavy (non-hydrogen) atoms. The minimum Gasteiger partial charge on any atom is -0.455 e. The van der Waals surface area contributed by atoms with Gasteiger partial charge in [-0.05, 0) is 147 Å². The normalized spacial score (nSPS) is 19.7. The Balaban J connectivity index is 0.861. The van der Waals surface area contributed by atoms with E-state index in [-0.39, 0.29) is 16.7 Å². The number of piperazine rings is 1. The molecule has 2 aromatic heterocycles. The monoisotopic (exact) mass is 912 g/mol. The van der Waals surface area contributed by atoms with E-state index in [0.717, 1.165) is 93.7 Å². The number of nitrogens with one attached hydrogen (secondary N) is 4. The number of carbonyl (C=O) groups is 1. The van der Waals surface area contributed by atoms with Crippen LogP contribution in [0.3, 0.4) is 0 Å². The number of halogens is 3. The van der Waals surface area contributed by atoms with Crippen LogP contribution >= 0.6 is 23.7 Å². The summed E-state index contributed by atoms with van der Waals surface area (Å²) in [7, 11) is 0. The molecule has 10 nitrogen and oxygen atoms in total. The van der Waals surface area contributed by atoms with Crippen LogP contribution in [0.25, 0.3) is 11.0 Å². The van der Waals surface area contributed by atoms with Gasteiger partial charge in [0.05, 0.1) is 11.8 Å². The Hall–Kier alpha value is -4.41. The summed E-state index contributed by atoms with van der Waals surface area (Å²) in [6.45, 7) is 12.9. The second-order valence-corrected chi connectivity index (χ2v) is 20.2. The first-order chi connectivity index (χ1) is 31.0. The van der Waals surface area contributed by atoms with E-state index in [9.17, 15) is 18.0 Å². The summed E-state index contributed by atoms with van der Waals surface area (Å²) < 4.78 is 50.5. The van der Waals surface area contributed by atoms with E-state index < -0.39 is 11.4 Å². The Morgan fingerprint density at radius 1 is 0.984 bits per heavy atom. The molecule has 0 radical (unpaired) electrons. The van der Waals surface area contributed by atoms with Gasteiger partial charge in [-0.2, -0.15) is 13.2 Å². The smallest absolute Gasteiger partial charge is 0.446 e. The van der Waals surface area contributed by atoms with Crippen LogP contribution in [0.4, 0.5) is 24.5 Å². The van der Waals surface area contributed by atoms with Crippen molar-refractivity contribution < 1.29 is 22.7 Å². The van der Waals surface area contributed by atoms with Crippen molar-refractivity contribution in [3.63, 3.8) is 0 Å². The Bertz CT molecular complexity index is 2390. The van der Waals surface area contributed by atoms with Crippen molar-refractivity contribution in [3.8, 4) is 11.5 Å². The standard InChI is InChI=1S/C49H59F3N8O2S2/c1-33(2)39-7-3-4-8-40(39)43-9-5-22-60(43)36-30-48(31-36)15-23-59(24-16-48)35-10-12-41(44(28-35)62-37-27-34-14-18-55-46(34)56-32-37)47(61)57-64-38-11-13-42(45(29-38)63-49(50,51)52)54-17-6-21-58-25-19-53-20-26-58/h3-4,7-8,10-14,18,27-29,32-33,36,43,53-54H,5-6,9,15-17,19-26,30-31H2,1-2H3,(H,55,56)(H,57,61). The molecule has 1 atom stereocenters. The van der Waals surface area contributed by atoms with Crippen LogP contribution in [-0.4, -0.2) is 96.1 Å². The molecule has 0 bridgehead atoms. The highest BCUT2D eigenvalue weighted by atomic mass is 32.2. The molecule has 1 unspecified atom stereocenters. The number of fused-ring (bicyclic) bond motifs is 1. The first-order valence-corrected chi connectivity index (χ1v) is 24.5. The molecule has 9 rings (SSSR count). The third kappa shape index (κ3) is 10.5. The Morgan fingerprint density at radius 2 is 1.80 bits per heavy atom. The zero-order chi connectivity index (χ0) is 44.3. The van der Waals surface area contributed by atoms with Crippen molar-refractivity contribution in [2.24, 2.45) is 5.41 Å². The van der Waals surface area contributed by atoms with E-state index in [4.69, 9.17) is 4.74 Å². The summed E-state index contributed by atoms with van der Waals surface area (Å²) in [6, 6.07) is 24.5.